The second kappa shape index (κ2) is 10.5. The van der Waals surface area contributed by atoms with Crippen LogP contribution in [0, 0.1) is 0 Å². The van der Waals surface area contributed by atoms with Crippen molar-refractivity contribution in [2.24, 2.45) is 0 Å². The zero-order valence-electron chi connectivity index (χ0n) is 18.5. The number of halogens is 2. The third kappa shape index (κ3) is 8.22. The van der Waals surface area contributed by atoms with E-state index >= 15 is 0 Å². The summed E-state index contributed by atoms with van der Waals surface area (Å²) < 4.78 is 56.1. The normalized spacial score (nSPS) is 12.9. The van der Waals surface area contributed by atoms with Gasteiger partial charge in [-0.1, -0.05) is 24.3 Å². The number of carbonyl (C=O) groups excluding carboxylic acids is 2. The number of alkyl halides is 2. The number of hydrogen-bond acceptors (Lipinski definition) is 7. The number of nitrogens with zero attached hydrogens (tertiary/aromatic N) is 3. The lowest BCUT2D eigenvalue weighted by Crippen LogP contribution is -2.38. The molecule has 2 amide bonds. The summed E-state index contributed by atoms with van der Waals surface area (Å²) in [6, 6.07) is 7.07. The minimum absolute atomic E-state index is 0.243. The average Bonchev–Trinajstić information content (AvgIpc) is 2.71. The number of hydrogen-bond donors (Lipinski definition) is 1. The van der Waals surface area contributed by atoms with Crippen LogP contribution in [0.1, 0.15) is 29.5 Å². The molecule has 1 atom stereocenters. The van der Waals surface area contributed by atoms with E-state index < -0.39 is 39.4 Å². The number of ether oxygens (including phenoxy) is 1. The standard InChI is InChI=1S/C21H24F2N4O5S/c1-21(22,23)20-24-13-16(19(26-20)32-15-8-6-5-7-9-15)18(29)25-14(10-11-33(4,30)31)12-17(28)27(2)3/h5-11,13-14H,12H2,1-4H3,(H,25,29)/b11-10+/t14-/m1/s1. The Bertz CT molecular complexity index is 1130. The summed E-state index contributed by atoms with van der Waals surface area (Å²) in [5.41, 5.74) is -0.276. The van der Waals surface area contributed by atoms with Crippen LogP contribution in [0.25, 0.3) is 0 Å². The number of sulfone groups is 1. The number of rotatable bonds is 9. The van der Waals surface area contributed by atoms with Crippen molar-refractivity contribution in [3.63, 3.8) is 0 Å². The lowest BCUT2D eigenvalue weighted by atomic mass is 10.1. The average molecular weight is 483 g/mol. The SMILES string of the molecule is CN(C)C(=O)C[C@@H](/C=C/S(C)(=O)=O)NC(=O)c1cnc(C(C)(F)F)nc1Oc1ccccc1. The summed E-state index contributed by atoms with van der Waals surface area (Å²) in [5, 5.41) is 3.35. The van der Waals surface area contributed by atoms with E-state index in [2.05, 4.69) is 15.3 Å². The second-order valence-corrected chi connectivity index (χ2v) is 9.38. The van der Waals surface area contributed by atoms with E-state index in [1.165, 1.54) is 19.0 Å². The van der Waals surface area contributed by atoms with E-state index in [1.807, 2.05) is 0 Å². The number of benzene rings is 1. The first-order valence-electron chi connectivity index (χ1n) is 9.64. The second-order valence-electron chi connectivity index (χ2n) is 7.45. The molecule has 0 unspecified atom stereocenters. The Morgan fingerprint density at radius 3 is 2.42 bits per heavy atom. The van der Waals surface area contributed by atoms with Gasteiger partial charge in [-0.15, -0.1) is 0 Å². The van der Waals surface area contributed by atoms with Gasteiger partial charge in [0.15, 0.2) is 9.84 Å². The molecular formula is C21H24F2N4O5S. The van der Waals surface area contributed by atoms with E-state index in [0.29, 0.717) is 6.92 Å². The van der Waals surface area contributed by atoms with Gasteiger partial charge in [0.05, 0.1) is 12.5 Å². The molecule has 178 valence electrons. The molecular weight excluding hydrogens is 458 g/mol. The first-order chi connectivity index (χ1) is 15.3. The molecule has 1 heterocycles. The van der Waals surface area contributed by atoms with Crippen LogP contribution in [0.2, 0.25) is 0 Å². The molecule has 9 nitrogen and oxygen atoms in total. The van der Waals surface area contributed by atoms with Crippen LogP contribution < -0.4 is 10.1 Å². The largest absolute Gasteiger partial charge is 0.438 e. The van der Waals surface area contributed by atoms with Crippen LogP contribution in [0.15, 0.2) is 48.0 Å². The molecule has 0 aliphatic rings. The van der Waals surface area contributed by atoms with E-state index in [4.69, 9.17) is 4.74 Å². The van der Waals surface area contributed by atoms with Gasteiger partial charge < -0.3 is 15.0 Å². The van der Waals surface area contributed by atoms with Crippen molar-refractivity contribution in [3.05, 3.63) is 59.4 Å². The van der Waals surface area contributed by atoms with Crippen molar-refractivity contribution in [3.8, 4) is 11.6 Å². The van der Waals surface area contributed by atoms with Crippen molar-refractivity contribution in [1.82, 2.24) is 20.2 Å². The molecule has 0 aliphatic heterocycles. The highest BCUT2D eigenvalue weighted by molar-refractivity contribution is 7.93. The molecule has 33 heavy (non-hydrogen) atoms. The van der Waals surface area contributed by atoms with Crippen LogP contribution >= 0.6 is 0 Å². The minimum Gasteiger partial charge on any atom is -0.438 e. The fourth-order valence-electron chi connectivity index (χ4n) is 2.43. The molecule has 0 radical (unpaired) electrons. The number of amides is 2. The van der Waals surface area contributed by atoms with E-state index in [1.54, 1.807) is 30.3 Å². The van der Waals surface area contributed by atoms with Crippen molar-refractivity contribution < 1.29 is 31.5 Å². The third-order valence-electron chi connectivity index (χ3n) is 4.12. The highest BCUT2D eigenvalue weighted by Gasteiger charge is 2.31. The zero-order valence-corrected chi connectivity index (χ0v) is 19.3. The Hall–Kier alpha value is -3.41. The van der Waals surface area contributed by atoms with Gasteiger partial charge in [-0.05, 0) is 12.1 Å². The van der Waals surface area contributed by atoms with Gasteiger partial charge in [0.25, 0.3) is 5.91 Å². The molecule has 0 saturated carbocycles. The smallest absolute Gasteiger partial charge is 0.303 e. The number of carbonyl (C=O) groups is 2. The summed E-state index contributed by atoms with van der Waals surface area (Å²) in [5.74, 6) is -5.64. The third-order valence-corrected chi connectivity index (χ3v) is 4.77. The maximum absolute atomic E-state index is 13.8. The fraction of sp³-hybridized carbons (Fsp3) is 0.333. The van der Waals surface area contributed by atoms with Gasteiger partial charge in [0.2, 0.25) is 17.6 Å². The molecule has 1 N–H and O–H groups in total. The van der Waals surface area contributed by atoms with Crippen LogP contribution in [-0.2, 0) is 20.6 Å². The summed E-state index contributed by atoms with van der Waals surface area (Å²) in [4.78, 5) is 33.6. The molecule has 0 spiro atoms. The van der Waals surface area contributed by atoms with E-state index in [0.717, 1.165) is 23.9 Å². The van der Waals surface area contributed by atoms with Crippen molar-refractivity contribution in [2.45, 2.75) is 25.3 Å². The van der Waals surface area contributed by atoms with Gasteiger partial charge in [-0.3, -0.25) is 9.59 Å². The van der Waals surface area contributed by atoms with E-state index in [-0.39, 0.29) is 23.6 Å². The Balaban J connectivity index is 2.41. The molecule has 12 heteroatoms. The maximum Gasteiger partial charge on any atom is 0.303 e. The number of nitrogens with one attached hydrogen (secondary N) is 1. The topological polar surface area (TPSA) is 119 Å². The first-order valence-corrected chi connectivity index (χ1v) is 11.6. The highest BCUT2D eigenvalue weighted by atomic mass is 32.2. The predicted octanol–water partition coefficient (Wildman–Crippen LogP) is 2.52. The van der Waals surface area contributed by atoms with Crippen LogP contribution in [-0.4, -0.2) is 61.5 Å². The highest BCUT2D eigenvalue weighted by Crippen LogP contribution is 2.29. The minimum atomic E-state index is -3.54. The summed E-state index contributed by atoms with van der Waals surface area (Å²) in [6.07, 6.45) is 2.76. The molecule has 0 aliphatic carbocycles. The molecule has 0 bridgehead atoms. The van der Waals surface area contributed by atoms with Gasteiger partial charge in [0, 0.05) is 38.9 Å². The molecule has 2 aromatic rings. The molecule has 1 aromatic heterocycles. The fourth-order valence-corrected chi connectivity index (χ4v) is 2.91. The van der Waals surface area contributed by atoms with Crippen molar-refractivity contribution >= 4 is 21.7 Å². The van der Waals surface area contributed by atoms with E-state index in [9.17, 15) is 26.8 Å². The molecule has 0 fully saturated rings. The maximum atomic E-state index is 13.8. The van der Waals surface area contributed by atoms with Gasteiger partial charge in [-0.2, -0.15) is 13.8 Å². The van der Waals surface area contributed by atoms with Crippen LogP contribution in [0.4, 0.5) is 8.78 Å². The first kappa shape index (κ1) is 25.8. The Kier molecular flexibility index (Phi) is 8.20. The number of aromatic nitrogens is 2. The van der Waals surface area contributed by atoms with Gasteiger partial charge in [0.1, 0.15) is 11.3 Å². The van der Waals surface area contributed by atoms with Crippen LogP contribution in [0.3, 0.4) is 0 Å². The van der Waals surface area contributed by atoms with Gasteiger partial charge >= 0.3 is 5.92 Å². The monoisotopic (exact) mass is 482 g/mol. The Morgan fingerprint density at radius 2 is 1.88 bits per heavy atom. The molecule has 2 rings (SSSR count). The van der Waals surface area contributed by atoms with Crippen molar-refractivity contribution in [2.75, 3.05) is 20.4 Å². The Morgan fingerprint density at radius 1 is 1.24 bits per heavy atom. The molecule has 0 saturated heterocycles. The quantitative estimate of drug-likeness (QED) is 0.583. The van der Waals surface area contributed by atoms with Gasteiger partial charge in [-0.25, -0.2) is 13.4 Å². The summed E-state index contributed by atoms with van der Waals surface area (Å²) >= 11 is 0. The molecule has 1 aromatic carbocycles. The van der Waals surface area contributed by atoms with Crippen LogP contribution in [0.5, 0.6) is 11.6 Å². The summed E-state index contributed by atoms with van der Waals surface area (Å²) in [7, 11) is -0.526. The lowest BCUT2D eigenvalue weighted by molar-refractivity contribution is -0.128. The lowest BCUT2D eigenvalue weighted by Gasteiger charge is -2.19. The number of para-hydroxylation sites is 1. The predicted molar refractivity (Wildman–Crippen MR) is 117 cm³/mol. The Labute approximate surface area is 190 Å². The zero-order chi connectivity index (χ0) is 24.8. The summed E-state index contributed by atoms with van der Waals surface area (Å²) in [6.45, 7) is 0.604. The van der Waals surface area contributed by atoms with Crippen molar-refractivity contribution in [1.29, 1.82) is 0 Å².